The number of amides is 1. The van der Waals surface area contributed by atoms with Crippen LogP contribution in [0.1, 0.15) is 24.9 Å². The molecule has 0 aliphatic heterocycles. The van der Waals surface area contributed by atoms with Gasteiger partial charge in [-0.15, -0.1) is 11.3 Å². The number of hydrogen-bond acceptors (Lipinski definition) is 6. The molecule has 0 radical (unpaired) electrons. The van der Waals surface area contributed by atoms with E-state index in [9.17, 15) is 18.0 Å². The lowest BCUT2D eigenvalue weighted by atomic mass is 10.2. The van der Waals surface area contributed by atoms with Gasteiger partial charge in [0, 0.05) is 17.1 Å². The molecule has 1 aromatic carbocycles. The number of esters is 1. The summed E-state index contributed by atoms with van der Waals surface area (Å²) < 4.78 is 29.1. The zero-order valence-electron chi connectivity index (χ0n) is 13.7. The molecule has 1 aromatic heterocycles. The van der Waals surface area contributed by atoms with Crippen LogP contribution in [-0.4, -0.2) is 40.2 Å². The molecule has 2 rings (SSSR count). The third kappa shape index (κ3) is 5.96. The number of rotatable bonds is 7. The van der Waals surface area contributed by atoms with Crippen molar-refractivity contribution in [3.05, 3.63) is 51.7 Å². The van der Waals surface area contributed by atoms with Gasteiger partial charge in [0.1, 0.15) is 0 Å². The monoisotopic (exact) mass is 382 g/mol. The van der Waals surface area contributed by atoms with Gasteiger partial charge in [-0.2, -0.15) is 0 Å². The smallest absolute Gasteiger partial charge is 0.337 e. The zero-order valence-corrected chi connectivity index (χ0v) is 15.4. The number of methoxy groups -OCH3 is 1. The minimum atomic E-state index is -3.21. The molecule has 2 N–H and O–H groups in total. The van der Waals surface area contributed by atoms with Crippen molar-refractivity contribution in [2.45, 2.75) is 6.42 Å². The molecule has 0 saturated carbocycles. The molecule has 0 fully saturated rings. The summed E-state index contributed by atoms with van der Waals surface area (Å²) in [5, 5.41) is 2.74. The molecule has 0 spiro atoms. The van der Waals surface area contributed by atoms with Gasteiger partial charge in [0.25, 0.3) is 5.91 Å². The second-order valence-corrected chi connectivity index (χ2v) is 8.21. The molecule has 25 heavy (non-hydrogen) atoms. The lowest BCUT2D eigenvalue weighted by molar-refractivity contribution is 0.0600. The standard InChI is InChI=1S/C16H18N2O5S2/c1-23-16(20)11-3-5-12(6-4-11)18-15(19)14-8-7-13(24-14)9-10-17-25(2,21)22/h3-8,17H,9-10H2,1-2H3,(H,18,19). The molecular weight excluding hydrogens is 364 g/mol. The minimum Gasteiger partial charge on any atom is -0.465 e. The fourth-order valence-corrected chi connectivity index (χ4v) is 3.37. The Morgan fingerprint density at radius 2 is 1.80 bits per heavy atom. The van der Waals surface area contributed by atoms with Gasteiger partial charge < -0.3 is 10.1 Å². The van der Waals surface area contributed by atoms with Gasteiger partial charge in [-0.1, -0.05) is 0 Å². The van der Waals surface area contributed by atoms with Crippen molar-refractivity contribution < 1.29 is 22.7 Å². The summed E-state index contributed by atoms with van der Waals surface area (Å²) in [6.45, 7) is 0.287. The summed E-state index contributed by atoms with van der Waals surface area (Å²) in [7, 11) is -1.91. The van der Waals surface area contributed by atoms with Gasteiger partial charge in [0.15, 0.2) is 0 Å². The maximum absolute atomic E-state index is 12.2. The third-order valence-corrected chi connectivity index (χ3v) is 5.06. The summed E-state index contributed by atoms with van der Waals surface area (Å²) in [4.78, 5) is 25.0. The number of nitrogens with one attached hydrogen (secondary N) is 2. The topological polar surface area (TPSA) is 102 Å². The van der Waals surface area contributed by atoms with E-state index in [1.807, 2.05) is 0 Å². The Labute approximate surface area is 150 Å². The molecule has 0 atom stereocenters. The van der Waals surface area contributed by atoms with Crippen molar-refractivity contribution in [1.82, 2.24) is 4.72 Å². The molecule has 7 nitrogen and oxygen atoms in total. The first-order valence-corrected chi connectivity index (χ1v) is 10.0. The maximum Gasteiger partial charge on any atom is 0.337 e. The Hall–Kier alpha value is -2.23. The number of benzene rings is 1. The van der Waals surface area contributed by atoms with E-state index in [0.29, 0.717) is 22.5 Å². The number of thiophene rings is 1. The van der Waals surface area contributed by atoms with Crippen molar-refractivity contribution in [3.63, 3.8) is 0 Å². The van der Waals surface area contributed by atoms with Gasteiger partial charge in [-0.05, 0) is 42.8 Å². The highest BCUT2D eigenvalue weighted by molar-refractivity contribution is 7.88. The summed E-state index contributed by atoms with van der Waals surface area (Å²) >= 11 is 1.30. The van der Waals surface area contributed by atoms with E-state index in [4.69, 9.17) is 0 Å². The van der Waals surface area contributed by atoms with Crippen molar-refractivity contribution in [3.8, 4) is 0 Å². The van der Waals surface area contributed by atoms with Crippen LogP contribution in [0.3, 0.4) is 0 Å². The quantitative estimate of drug-likeness (QED) is 0.712. The average Bonchev–Trinajstić information content (AvgIpc) is 3.02. The minimum absolute atomic E-state index is 0.266. The highest BCUT2D eigenvalue weighted by atomic mass is 32.2. The Morgan fingerprint density at radius 1 is 1.12 bits per heavy atom. The fraction of sp³-hybridized carbons (Fsp3) is 0.250. The summed E-state index contributed by atoms with van der Waals surface area (Å²) in [6.07, 6.45) is 1.62. The van der Waals surface area contributed by atoms with E-state index in [2.05, 4.69) is 14.8 Å². The molecule has 1 amide bonds. The molecule has 1 heterocycles. The van der Waals surface area contributed by atoms with E-state index in [1.165, 1.54) is 18.4 Å². The number of carbonyl (C=O) groups is 2. The van der Waals surface area contributed by atoms with Crippen LogP contribution in [0.25, 0.3) is 0 Å². The second-order valence-electron chi connectivity index (χ2n) is 5.21. The third-order valence-electron chi connectivity index (χ3n) is 3.18. The van der Waals surface area contributed by atoms with Gasteiger partial charge in [-0.3, -0.25) is 4.79 Å². The van der Waals surface area contributed by atoms with Gasteiger partial charge in [0.2, 0.25) is 10.0 Å². The predicted molar refractivity (Wildman–Crippen MR) is 96.6 cm³/mol. The Kier molecular flexibility index (Phi) is 6.29. The van der Waals surface area contributed by atoms with Crippen molar-refractivity contribution in [2.24, 2.45) is 0 Å². The van der Waals surface area contributed by atoms with E-state index >= 15 is 0 Å². The Balaban J connectivity index is 1.94. The lowest BCUT2D eigenvalue weighted by Gasteiger charge is -2.04. The van der Waals surface area contributed by atoms with Crippen LogP contribution < -0.4 is 10.0 Å². The maximum atomic E-state index is 12.2. The highest BCUT2D eigenvalue weighted by Crippen LogP contribution is 2.19. The first-order valence-electron chi connectivity index (χ1n) is 7.31. The first kappa shape index (κ1) is 19.1. The summed E-state index contributed by atoms with van der Waals surface area (Å²) in [6, 6.07) is 9.86. The van der Waals surface area contributed by atoms with Crippen LogP contribution >= 0.6 is 11.3 Å². The van der Waals surface area contributed by atoms with Crippen molar-refractivity contribution in [1.29, 1.82) is 0 Å². The molecule has 0 unspecified atom stereocenters. The van der Waals surface area contributed by atoms with Crippen LogP contribution in [0, 0.1) is 0 Å². The number of sulfonamides is 1. The summed E-state index contributed by atoms with van der Waals surface area (Å²) in [5.74, 6) is -0.707. The van der Waals surface area contributed by atoms with Crippen molar-refractivity contribution in [2.75, 3.05) is 25.2 Å². The fourth-order valence-electron chi connectivity index (χ4n) is 1.99. The Bertz CT molecular complexity index is 857. The Morgan fingerprint density at radius 3 is 2.40 bits per heavy atom. The largest absolute Gasteiger partial charge is 0.465 e. The van der Waals surface area contributed by atoms with Crippen LogP contribution in [-0.2, 0) is 21.2 Å². The van der Waals surface area contributed by atoms with E-state index in [-0.39, 0.29) is 12.5 Å². The number of hydrogen-bond donors (Lipinski definition) is 2. The van der Waals surface area contributed by atoms with Crippen LogP contribution in [0.15, 0.2) is 36.4 Å². The molecule has 0 bridgehead atoms. The SMILES string of the molecule is COC(=O)c1ccc(NC(=O)c2ccc(CCNS(C)(=O)=O)s2)cc1. The molecule has 134 valence electrons. The van der Waals surface area contributed by atoms with Crippen LogP contribution in [0.4, 0.5) is 5.69 Å². The zero-order chi connectivity index (χ0) is 18.4. The van der Waals surface area contributed by atoms with E-state index < -0.39 is 16.0 Å². The summed E-state index contributed by atoms with van der Waals surface area (Å²) in [5.41, 5.74) is 0.962. The normalized spacial score (nSPS) is 11.1. The average molecular weight is 382 g/mol. The number of carbonyl (C=O) groups excluding carboxylic acids is 2. The van der Waals surface area contributed by atoms with Gasteiger partial charge >= 0.3 is 5.97 Å². The van der Waals surface area contributed by atoms with Gasteiger partial charge in [0.05, 0.1) is 23.8 Å². The molecule has 0 saturated heterocycles. The van der Waals surface area contributed by atoms with Crippen LogP contribution in [0.5, 0.6) is 0 Å². The number of ether oxygens (including phenoxy) is 1. The predicted octanol–water partition coefficient (Wildman–Crippen LogP) is 1.88. The second kappa shape index (κ2) is 8.24. The molecule has 0 aliphatic rings. The lowest BCUT2D eigenvalue weighted by Crippen LogP contribution is -2.24. The van der Waals surface area contributed by atoms with E-state index in [1.54, 1.807) is 36.4 Å². The number of anilines is 1. The first-order chi connectivity index (χ1) is 11.8. The van der Waals surface area contributed by atoms with Crippen LogP contribution in [0.2, 0.25) is 0 Å². The molecule has 9 heteroatoms. The highest BCUT2D eigenvalue weighted by Gasteiger charge is 2.11. The molecule has 0 aliphatic carbocycles. The van der Waals surface area contributed by atoms with E-state index in [0.717, 1.165) is 11.1 Å². The van der Waals surface area contributed by atoms with Gasteiger partial charge in [-0.25, -0.2) is 17.9 Å². The molecular formula is C16H18N2O5S2. The van der Waals surface area contributed by atoms with Crippen molar-refractivity contribution >= 4 is 38.9 Å². The molecule has 2 aromatic rings.